The van der Waals surface area contributed by atoms with Crippen LogP contribution in [-0.4, -0.2) is 4.98 Å². The molecule has 0 unspecified atom stereocenters. The molecule has 102 valence electrons. The summed E-state index contributed by atoms with van der Waals surface area (Å²) in [5, 5.41) is 15.1. The maximum absolute atomic E-state index is 11.8. The van der Waals surface area contributed by atoms with Crippen LogP contribution in [0.5, 0.6) is 5.75 Å². The van der Waals surface area contributed by atoms with Crippen LogP contribution in [0.25, 0.3) is 11.0 Å². The SMILES string of the molecule is Cc1ccc([O-])c(CNc2[nH]c3ccccc3[n+]2C)c1. The molecule has 0 spiro atoms. The number of aromatic nitrogens is 2. The molecule has 0 fully saturated rings. The first kappa shape index (κ1) is 12.5. The van der Waals surface area contributed by atoms with E-state index in [1.807, 2.05) is 44.3 Å². The largest absolute Gasteiger partial charge is 0.872 e. The Kier molecular flexibility index (Phi) is 3.06. The Morgan fingerprint density at radius 2 is 2.00 bits per heavy atom. The van der Waals surface area contributed by atoms with E-state index in [0.717, 1.165) is 28.1 Å². The van der Waals surface area contributed by atoms with E-state index in [0.29, 0.717) is 6.54 Å². The number of aromatic amines is 1. The van der Waals surface area contributed by atoms with Gasteiger partial charge in [-0.2, -0.15) is 0 Å². The summed E-state index contributed by atoms with van der Waals surface area (Å²) in [6.07, 6.45) is 0. The Hall–Kier alpha value is -2.49. The van der Waals surface area contributed by atoms with Crippen LogP contribution in [0.3, 0.4) is 0 Å². The first-order chi connectivity index (χ1) is 9.65. The summed E-state index contributed by atoms with van der Waals surface area (Å²) in [7, 11) is 2.00. The number of rotatable bonds is 3. The number of H-pyrrole nitrogens is 1. The van der Waals surface area contributed by atoms with Gasteiger partial charge in [0.1, 0.15) is 11.0 Å². The molecule has 0 amide bonds. The van der Waals surface area contributed by atoms with Crippen molar-refractivity contribution < 1.29 is 9.67 Å². The molecule has 0 radical (unpaired) electrons. The van der Waals surface area contributed by atoms with Crippen molar-refractivity contribution in [1.82, 2.24) is 4.98 Å². The Bertz CT molecular complexity index is 762. The fourth-order valence-corrected chi connectivity index (χ4v) is 2.39. The third-order valence-electron chi connectivity index (χ3n) is 3.52. The van der Waals surface area contributed by atoms with Crippen LogP contribution in [0.2, 0.25) is 0 Å². The molecule has 2 N–H and O–H groups in total. The molecule has 3 aromatic rings. The number of imidazole rings is 1. The highest BCUT2D eigenvalue weighted by Crippen LogP contribution is 2.17. The van der Waals surface area contributed by atoms with E-state index in [4.69, 9.17) is 0 Å². The van der Waals surface area contributed by atoms with Gasteiger partial charge in [-0.15, -0.1) is 5.75 Å². The van der Waals surface area contributed by atoms with E-state index >= 15 is 0 Å². The molecule has 0 saturated carbocycles. The van der Waals surface area contributed by atoms with E-state index in [1.54, 1.807) is 6.07 Å². The Balaban J connectivity index is 1.87. The number of hydrogen-bond acceptors (Lipinski definition) is 2. The number of para-hydroxylation sites is 2. The Labute approximate surface area is 117 Å². The lowest BCUT2D eigenvalue weighted by Gasteiger charge is -2.12. The van der Waals surface area contributed by atoms with Crippen LogP contribution < -0.4 is 15.0 Å². The Morgan fingerprint density at radius 1 is 1.20 bits per heavy atom. The summed E-state index contributed by atoms with van der Waals surface area (Å²) in [6, 6.07) is 13.5. The molecule has 0 aliphatic heterocycles. The minimum atomic E-state index is 0.0712. The average molecular weight is 267 g/mol. The summed E-state index contributed by atoms with van der Waals surface area (Å²) >= 11 is 0. The van der Waals surface area contributed by atoms with E-state index in [-0.39, 0.29) is 5.75 Å². The second kappa shape index (κ2) is 4.89. The molecule has 0 bridgehead atoms. The van der Waals surface area contributed by atoms with Gasteiger partial charge in [-0.05, 0) is 24.6 Å². The normalized spacial score (nSPS) is 10.9. The van der Waals surface area contributed by atoms with Gasteiger partial charge < -0.3 is 5.11 Å². The number of benzene rings is 2. The highest BCUT2D eigenvalue weighted by Gasteiger charge is 2.12. The number of aryl methyl sites for hydroxylation is 2. The summed E-state index contributed by atoms with van der Waals surface area (Å²) in [6.45, 7) is 2.51. The number of hydrogen-bond donors (Lipinski definition) is 2. The molecule has 4 nitrogen and oxygen atoms in total. The van der Waals surface area contributed by atoms with Crippen LogP contribution >= 0.6 is 0 Å². The van der Waals surface area contributed by atoms with Crippen molar-refractivity contribution in [3.05, 3.63) is 53.6 Å². The van der Waals surface area contributed by atoms with Gasteiger partial charge in [0.2, 0.25) is 0 Å². The lowest BCUT2D eigenvalue weighted by molar-refractivity contribution is -0.630. The standard InChI is InChI=1S/C16H17N3O/c1-11-7-8-15(20)12(9-11)10-17-16-18-13-5-3-4-6-14(13)19(16)2/h3-9H,10H2,1-2H3,(H2,17,18,20). The molecule has 0 aliphatic carbocycles. The Morgan fingerprint density at radius 3 is 2.80 bits per heavy atom. The fourth-order valence-electron chi connectivity index (χ4n) is 2.39. The van der Waals surface area contributed by atoms with Crippen molar-refractivity contribution in [2.45, 2.75) is 13.5 Å². The van der Waals surface area contributed by atoms with Gasteiger partial charge in [0, 0.05) is 0 Å². The van der Waals surface area contributed by atoms with Gasteiger partial charge in [-0.1, -0.05) is 35.9 Å². The molecule has 4 heteroatoms. The second-order valence-electron chi connectivity index (χ2n) is 5.01. The van der Waals surface area contributed by atoms with Gasteiger partial charge in [-0.25, -0.2) is 9.55 Å². The first-order valence-corrected chi connectivity index (χ1v) is 6.62. The van der Waals surface area contributed by atoms with Crippen LogP contribution in [0.15, 0.2) is 42.5 Å². The topological polar surface area (TPSA) is 54.8 Å². The molecule has 3 rings (SSSR count). The zero-order chi connectivity index (χ0) is 14.1. The smallest absolute Gasteiger partial charge is 0.356 e. The second-order valence-corrected chi connectivity index (χ2v) is 5.01. The van der Waals surface area contributed by atoms with Gasteiger partial charge in [0.05, 0.1) is 13.6 Å². The molecular formula is C16H17N3O. The van der Waals surface area contributed by atoms with E-state index in [1.165, 1.54) is 0 Å². The molecule has 0 aliphatic rings. The monoisotopic (exact) mass is 267 g/mol. The van der Waals surface area contributed by atoms with Crippen molar-refractivity contribution in [1.29, 1.82) is 0 Å². The van der Waals surface area contributed by atoms with Crippen molar-refractivity contribution in [2.75, 3.05) is 5.32 Å². The molecule has 2 aromatic carbocycles. The maximum atomic E-state index is 11.8. The van der Waals surface area contributed by atoms with Crippen molar-refractivity contribution in [3.63, 3.8) is 0 Å². The van der Waals surface area contributed by atoms with Crippen LogP contribution in [0.4, 0.5) is 5.95 Å². The third-order valence-corrected chi connectivity index (χ3v) is 3.52. The van der Waals surface area contributed by atoms with Crippen LogP contribution in [-0.2, 0) is 13.6 Å². The summed E-state index contributed by atoms with van der Waals surface area (Å²) in [5.74, 6) is 0.967. The zero-order valence-electron chi connectivity index (χ0n) is 11.6. The third kappa shape index (κ3) is 2.20. The maximum Gasteiger partial charge on any atom is 0.356 e. The van der Waals surface area contributed by atoms with Gasteiger partial charge in [0.15, 0.2) is 0 Å². The number of anilines is 1. The first-order valence-electron chi connectivity index (χ1n) is 6.62. The summed E-state index contributed by atoms with van der Waals surface area (Å²) in [4.78, 5) is 3.32. The van der Waals surface area contributed by atoms with Gasteiger partial charge >= 0.3 is 5.95 Å². The van der Waals surface area contributed by atoms with E-state index in [2.05, 4.69) is 20.9 Å². The average Bonchev–Trinajstić information content (AvgIpc) is 2.77. The van der Waals surface area contributed by atoms with Crippen LogP contribution in [0.1, 0.15) is 11.1 Å². The molecule has 20 heavy (non-hydrogen) atoms. The van der Waals surface area contributed by atoms with Crippen molar-refractivity contribution in [2.24, 2.45) is 7.05 Å². The molecule has 1 aromatic heterocycles. The highest BCUT2D eigenvalue weighted by atomic mass is 16.3. The molecule has 1 heterocycles. The lowest BCUT2D eigenvalue weighted by Crippen LogP contribution is -2.30. The quantitative estimate of drug-likeness (QED) is 0.713. The summed E-state index contributed by atoms with van der Waals surface area (Å²) in [5.41, 5.74) is 4.08. The molecular weight excluding hydrogens is 250 g/mol. The van der Waals surface area contributed by atoms with Crippen LogP contribution in [0, 0.1) is 6.92 Å². The number of nitrogens with zero attached hydrogens (tertiary/aromatic N) is 1. The molecule has 0 saturated heterocycles. The predicted octanol–water partition coefficient (Wildman–Crippen LogP) is 1.99. The number of fused-ring (bicyclic) bond motifs is 1. The van der Waals surface area contributed by atoms with E-state index in [9.17, 15) is 5.11 Å². The highest BCUT2D eigenvalue weighted by molar-refractivity contribution is 5.72. The fraction of sp³-hybridized carbons (Fsp3) is 0.188. The van der Waals surface area contributed by atoms with Gasteiger partial charge in [0.25, 0.3) is 0 Å². The van der Waals surface area contributed by atoms with Gasteiger partial charge in [-0.3, -0.25) is 5.32 Å². The molecule has 0 atom stereocenters. The van der Waals surface area contributed by atoms with Crippen molar-refractivity contribution >= 4 is 17.0 Å². The predicted molar refractivity (Wildman–Crippen MR) is 77.4 cm³/mol. The van der Waals surface area contributed by atoms with Crippen molar-refractivity contribution in [3.8, 4) is 5.75 Å². The summed E-state index contributed by atoms with van der Waals surface area (Å²) < 4.78 is 2.05. The zero-order valence-corrected chi connectivity index (χ0v) is 11.6. The lowest BCUT2D eigenvalue weighted by atomic mass is 10.1. The van der Waals surface area contributed by atoms with E-state index < -0.39 is 0 Å². The minimum Gasteiger partial charge on any atom is -0.872 e. The number of nitrogens with one attached hydrogen (secondary N) is 2. The minimum absolute atomic E-state index is 0.0712.